The minimum absolute atomic E-state index is 0.0645. The molecule has 0 spiro atoms. The zero-order valence-corrected chi connectivity index (χ0v) is 20.6. The summed E-state index contributed by atoms with van der Waals surface area (Å²) in [5, 5.41) is 7.22. The Balaban J connectivity index is 1.40. The van der Waals surface area contributed by atoms with E-state index in [1.807, 2.05) is 37.3 Å². The van der Waals surface area contributed by atoms with Gasteiger partial charge in [0.05, 0.1) is 16.9 Å². The van der Waals surface area contributed by atoms with Crippen LogP contribution in [0, 0.1) is 6.92 Å². The van der Waals surface area contributed by atoms with Gasteiger partial charge in [0.25, 0.3) is 5.91 Å². The van der Waals surface area contributed by atoms with Crippen molar-refractivity contribution in [2.75, 3.05) is 5.32 Å². The predicted molar refractivity (Wildman–Crippen MR) is 136 cm³/mol. The van der Waals surface area contributed by atoms with E-state index in [-0.39, 0.29) is 11.3 Å². The van der Waals surface area contributed by atoms with Gasteiger partial charge in [0.1, 0.15) is 4.88 Å². The van der Waals surface area contributed by atoms with Crippen LogP contribution in [0.5, 0.6) is 0 Å². The van der Waals surface area contributed by atoms with E-state index < -0.39 is 0 Å². The van der Waals surface area contributed by atoms with Crippen molar-refractivity contribution in [3.63, 3.8) is 0 Å². The largest absolute Gasteiger partial charge is 0.350 e. The number of pyridine rings is 1. The Morgan fingerprint density at radius 2 is 1.79 bits per heavy atom. The highest BCUT2D eigenvalue weighted by atomic mass is 32.1. The van der Waals surface area contributed by atoms with Crippen molar-refractivity contribution in [1.82, 2.24) is 25.3 Å². The Bertz CT molecular complexity index is 1280. The fourth-order valence-corrected chi connectivity index (χ4v) is 4.22. The van der Waals surface area contributed by atoms with Gasteiger partial charge in [-0.1, -0.05) is 32.9 Å². The molecule has 3 aromatic heterocycles. The maximum atomic E-state index is 12.6. The smallest absolute Gasteiger partial charge is 0.263 e. The van der Waals surface area contributed by atoms with Crippen LogP contribution in [0.1, 0.15) is 52.1 Å². The molecule has 0 aliphatic rings. The summed E-state index contributed by atoms with van der Waals surface area (Å²) in [6, 6.07) is 11.9. The summed E-state index contributed by atoms with van der Waals surface area (Å²) in [6.45, 7) is 9.40. The maximum absolute atomic E-state index is 12.6. The van der Waals surface area contributed by atoms with Gasteiger partial charge >= 0.3 is 0 Å². The SMILES string of the molecule is Cc1cc(-c2ccnc(NCc3ccncc3)n2)ccc1CNC(=O)c1cnc(C(C)(C)C)s1. The minimum Gasteiger partial charge on any atom is -0.350 e. The summed E-state index contributed by atoms with van der Waals surface area (Å²) in [5.74, 6) is 0.472. The fourth-order valence-electron chi connectivity index (χ4n) is 3.33. The first kappa shape index (κ1) is 23.5. The standard InChI is InChI=1S/C26H28N6OS/c1-17-13-19(21-9-12-28-25(32-21)31-14-18-7-10-27-11-8-18)5-6-20(17)15-29-23(33)22-16-30-24(34-22)26(2,3)4/h5-13,16H,14-15H2,1-4H3,(H,29,33)(H,28,31,32). The number of hydrogen-bond donors (Lipinski definition) is 2. The molecule has 4 aromatic rings. The molecule has 0 radical (unpaired) electrons. The van der Waals surface area contributed by atoms with Crippen LogP contribution >= 0.6 is 11.3 Å². The summed E-state index contributed by atoms with van der Waals surface area (Å²) in [5.41, 5.74) is 5.03. The van der Waals surface area contributed by atoms with Crippen LogP contribution in [0.4, 0.5) is 5.95 Å². The third-order valence-corrected chi connectivity index (χ3v) is 6.73. The highest BCUT2D eigenvalue weighted by Gasteiger charge is 2.20. The zero-order chi connectivity index (χ0) is 24.1. The van der Waals surface area contributed by atoms with E-state index in [1.54, 1.807) is 24.8 Å². The molecule has 174 valence electrons. The molecule has 0 fully saturated rings. The van der Waals surface area contributed by atoms with Crippen molar-refractivity contribution in [3.05, 3.63) is 87.8 Å². The summed E-state index contributed by atoms with van der Waals surface area (Å²) < 4.78 is 0. The number of amides is 1. The number of aryl methyl sites for hydroxylation is 1. The lowest BCUT2D eigenvalue weighted by Gasteiger charge is -2.13. The van der Waals surface area contributed by atoms with Crippen molar-refractivity contribution in [1.29, 1.82) is 0 Å². The molecule has 8 heteroatoms. The van der Waals surface area contributed by atoms with Gasteiger partial charge in [-0.3, -0.25) is 9.78 Å². The van der Waals surface area contributed by atoms with Gasteiger partial charge in [-0.2, -0.15) is 0 Å². The molecular formula is C26H28N6OS. The van der Waals surface area contributed by atoms with E-state index in [4.69, 9.17) is 0 Å². The summed E-state index contributed by atoms with van der Waals surface area (Å²) in [4.78, 5) is 30.6. The van der Waals surface area contributed by atoms with Crippen LogP contribution in [0.15, 0.2) is 61.2 Å². The molecule has 0 aliphatic heterocycles. The van der Waals surface area contributed by atoms with Crippen molar-refractivity contribution >= 4 is 23.2 Å². The molecule has 0 aliphatic carbocycles. The third kappa shape index (κ3) is 5.82. The number of nitrogens with zero attached hydrogens (tertiary/aromatic N) is 4. The second-order valence-corrected chi connectivity index (χ2v) is 10.1. The summed E-state index contributed by atoms with van der Waals surface area (Å²) >= 11 is 1.44. The third-order valence-electron chi connectivity index (χ3n) is 5.30. The monoisotopic (exact) mass is 472 g/mol. The van der Waals surface area contributed by atoms with Crippen molar-refractivity contribution in [3.8, 4) is 11.3 Å². The molecule has 0 bridgehead atoms. The van der Waals surface area contributed by atoms with Crippen LogP contribution < -0.4 is 10.6 Å². The van der Waals surface area contributed by atoms with Gasteiger partial charge in [-0.05, 0) is 47.9 Å². The normalized spacial score (nSPS) is 11.3. The first-order chi connectivity index (χ1) is 16.3. The first-order valence-electron chi connectivity index (χ1n) is 11.1. The molecule has 34 heavy (non-hydrogen) atoms. The van der Waals surface area contributed by atoms with E-state index >= 15 is 0 Å². The van der Waals surface area contributed by atoms with Gasteiger partial charge in [0.15, 0.2) is 0 Å². The highest BCUT2D eigenvalue weighted by Crippen LogP contribution is 2.27. The van der Waals surface area contributed by atoms with Crippen molar-refractivity contribution < 1.29 is 4.79 Å². The van der Waals surface area contributed by atoms with E-state index in [9.17, 15) is 4.79 Å². The molecule has 1 amide bonds. The van der Waals surface area contributed by atoms with E-state index in [2.05, 4.69) is 57.4 Å². The summed E-state index contributed by atoms with van der Waals surface area (Å²) in [7, 11) is 0. The number of anilines is 1. The molecule has 3 heterocycles. The van der Waals surface area contributed by atoms with Gasteiger partial charge in [-0.15, -0.1) is 11.3 Å². The Morgan fingerprint density at radius 1 is 1.00 bits per heavy atom. The Kier molecular flexibility index (Phi) is 6.98. The molecule has 2 N–H and O–H groups in total. The minimum atomic E-state index is -0.0998. The van der Waals surface area contributed by atoms with Gasteiger partial charge in [0, 0.05) is 42.7 Å². The van der Waals surface area contributed by atoms with Crippen LogP contribution in [0.25, 0.3) is 11.3 Å². The maximum Gasteiger partial charge on any atom is 0.263 e. The van der Waals surface area contributed by atoms with Crippen LogP contribution in [0.2, 0.25) is 0 Å². The topological polar surface area (TPSA) is 92.7 Å². The average Bonchev–Trinajstić information content (AvgIpc) is 3.34. The van der Waals surface area contributed by atoms with E-state index in [0.717, 1.165) is 33.0 Å². The summed E-state index contributed by atoms with van der Waals surface area (Å²) in [6.07, 6.45) is 6.94. The van der Waals surface area contributed by atoms with Crippen molar-refractivity contribution in [2.24, 2.45) is 0 Å². The second-order valence-electron chi connectivity index (χ2n) is 9.08. The number of thiazole rings is 1. The van der Waals surface area contributed by atoms with Crippen LogP contribution in [-0.4, -0.2) is 25.8 Å². The van der Waals surface area contributed by atoms with E-state index in [0.29, 0.717) is 23.9 Å². The quantitative estimate of drug-likeness (QED) is 0.387. The molecular weight excluding hydrogens is 444 g/mol. The number of aromatic nitrogens is 4. The molecule has 0 unspecified atom stereocenters. The lowest BCUT2D eigenvalue weighted by atomic mass is 9.98. The molecule has 0 atom stereocenters. The van der Waals surface area contributed by atoms with Gasteiger partial charge in [-0.25, -0.2) is 15.0 Å². The van der Waals surface area contributed by atoms with Crippen LogP contribution in [0.3, 0.4) is 0 Å². The Hall–Kier alpha value is -3.65. The number of benzene rings is 1. The lowest BCUT2D eigenvalue weighted by Crippen LogP contribution is -2.22. The highest BCUT2D eigenvalue weighted by molar-refractivity contribution is 7.13. The molecule has 4 rings (SSSR count). The number of carbonyl (C=O) groups excluding carboxylic acids is 1. The Labute approximate surface area is 203 Å². The van der Waals surface area contributed by atoms with Crippen LogP contribution in [-0.2, 0) is 18.5 Å². The number of rotatable bonds is 7. The number of hydrogen-bond acceptors (Lipinski definition) is 7. The molecule has 7 nitrogen and oxygen atoms in total. The number of carbonyl (C=O) groups is 1. The molecule has 1 aromatic carbocycles. The van der Waals surface area contributed by atoms with Crippen molar-refractivity contribution in [2.45, 2.75) is 46.2 Å². The fraction of sp³-hybridized carbons (Fsp3) is 0.269. The molecule has 0 saturated carbocycles. The zero-order valence-electron chi connectivity index (χ0n) is 19.8. The van der Waals surface area contributed by atoms with E-state index in [1.165, 1.54) is 11.3 Å². The van der Waals surface area contributed by atoms with Gasteiger partial charge in [0.2, 0.25) is 5.95 Å². The number of nitrogens with one attached hydrogen (secondary N) is 2. The predicted octanol–water partition coefficient (Wildman–Crippen LogP) is 5.14. The first-order valence-corrected chi connectivity index (χ1v) is 11.9. The second kappa shape index (κ2) is 10.1. The van der Waals surface area contributed by atoms with Gasteiger partial charge < -0.3 is 10.6 Å². The lowest BCUT2D eigenvalue weighted by molar-refractivity contribution is 0.0954. The molecule has 0 saturated heterocycles. The average molecular weight is 473 g/mol. The Morgan fingerprint density at radius 3 is 2.50 bits per heavy atom.